The van der Waals surface area contributed by atoms with Gasteiger partial charge in [0.2, 0.25) is 0 Å². The standard InChI is InChI=1S/4C8H17.4C2H4O2.2Sn/c4*1-3-5-7-8-6-4-2;4*1-2(3)4;;/h4*1,3-8H2,2H3;4*1H3,(H,3,4);;/q;;;;;;;;2*+2/p-4. The molecule has 0 rings (SSSR count). The van der Waals surface area contributed by atoms with Gasteiger partial charge in [-0.05, 0) is 27.7 Å². The Bertz CT molecular complexity index is 527. The van der Waals surface area contributed by atoms with Gasteiger partial charge in [-0.3, -0.25) is 0 Å². The topological polar surface area (TPSA) is 161 Å². The van der Waals surface area contributed by atoms with E-state index in [2.05, 4.69) is 27.7 Å². The summed E-state index contributed by atoms with van der Waals surface area (Å²) in [7, 11) is 0. The second-order valence-electron chi connectivity index (χ2n) is 12.5. The van der Waals surface area contributed by atoms with Gasteiger partial charge in [-0.15, -0.1) is 0 Å². The van der Waals surface area contributed by atoms with Crippen LogP contribution in [0.25, 0.3) is 0 Å². The number of rotatable bonds is 28. The summed E-state index contributed by atoms with van der Waals surface area (Å²) in [4.78, 5) is 35.6. The Hall–Kier alpha value is -0.523. The Kier molecular flexibility index (Phi) is 78.1. The first-order chi connectivity index (χ1) is 23.8. The van der Waals surface area contributed by atoms with Crippen LogP contribution in [0.2, 0.25) is 17.7 Å². The maximum absolute atomic E-state index is 8.89. The van der Waals surface area contributed by atoms with Crippen molar-refractivity contribution in [2.24, 2.45) is 0 Å². The third kappa shape index (κ3) is 136. The van der Waals surface area contributed by atoms with Crippen LogP contribution >= 0.6 is 0 Å². The molecular weight excluding hydrogens is 846 g/mol. The summed E-state index contributed by atoms with van der Waals surface area (Å²) in [6.07, 6.45) is 35.7. The molecule has 0 aromatic carbocycles. The number of carbonyl (C=O) groups excluding carboxylic acids is 4. The Balaban J connectivity index is -0.000000135. The van der Waals surface area contributed by atoms with Crippen molar-refractivity contribution < 1.29 is 39.6 Å². The predicted molar refractivity (Wildman–Crippen MR) is 207 cm³/mol. The molecule has 0 spiro atoms. The van der Waals surface area contributed by atoms with Gasteiger partial charge in [-0.2, -0.15) is 0 Å². The van der Waals surface area contributed by atoms with E-state index in [1.54, 1.807) is 43.4 Å². The molecule has 0 aromatic rings. The van der Waals surface area contributed by atoms with Crippen molar-refractivity contribution in [1.82, 2.24) is 0 Å². The van der Waals surface area contributed by atoms with Crippen LogP contribution in [0.4, 0.5) is 0 Å². The van der Waals surface area contributed by atoms with Crippen molar-refractivity contribution in [3.05, 3.63) is 0 Å². The zero-order valence-electron chi connectivity index (χ0n) is 34.1. The fourth-order valence-electron chi connectivity index (χ4n) is 4.37. The molecule has 0 aliphatic heterocycles. The third-order valence-corrected chi connectivity index (χ3v) is 14.9. The first-order valence-corrected chi connectivity index (χ1v) is 27.9. The van der Waals surface area contributed by atoms with Gasteiger partial charge in [0.15, 0.2) is 0 Å². The molecule has 0 N–H and O–H groups in total. The molecule has 0 radical (unpaired) electrons. The molecule has 0 aromatic heterocycles. The van der Waals surface area contributed by atoms with Crippen LogP contribution in [0, 0.1) is 0 Å². The van der Waals surface area contributed by atoms with E-state index in [0.717, 1.165) is 27.7 Å². The summed E-state index contributed by atoms with van der Waals surface area (Å²) < 4.78 is 6.63. The van der Waals surface area contributed by atoms with Crippen LogP contribution in [-0.4, -0.2) is 66.2 Å². The fraction of sp³-hybridized carbons (Fsp3) is 0.900. The molecule has 0 aliphatic carbocycles. The van der Waals surface area contributed by atoms with E-state index in [1.165, 1.54) is 128 Å². The Morgan fingerprint density at radius 1 is 0.300 bits per heavy atom. The number of aliphatic carboxylic acids is 4. The molecule has 0 amide bonds. The van der Waals surface area contributed by atoms with Gasteiger partial charge in [-0.1, -0.05) is 0 Å². The number of hydrogen-bond donors (Lipinski definition) is 0. The number of carbonyl (C=O) groups is 4. The van der Waals surface area contributed by atoms with Gasteiger partial charge in [0.25, 0.3) is 0 Å². The monoisotopic (exact) mass is 928 g/mol. The van der Waals surface area contributed by atoms with Gasteiger partial charge in [0, 0.05) is 23.9 Å². The van der Waals surface area contributed by atoms with Crippen molar-refractivity contribution in [1.29, 1.82) is 0 Å². The van der Waals surface area contributed by atoms with Gasteiger partial charge in [0.1, 0.15) is 0 Å². The molecule has 0 fully saturated rings. The van der Waals surface area contributed by atoms with E-state index in [1.807, 2.05) is 0 Å². The van der Waals surface area contributed by atoms with Crippen molar-refractivity contribution in [2.75, 3.05) is 0 Å². The van der Waals surface area contributed by atoms with Crippen LogP contribution < -0.4 is 20.4 Å². The van der Waals surface area contributed by atoms with Crippen molar-refractivity contribution >= 4 is 66.2 Å². The van der Waals surface area contributed by atoms with E-state index in [4.69, 9.17) is 39.6 Å². The molecule has 10 heteroatoms. The van der Waals surface area contributed by atoms with Crippen LogP contribution in [-0.2, 0) is 19.2 Å². The second-order valence-corrected chi connectivity index (χ2v) is 21.1. The molecule has 296 valence electrons. The molecule has 0 saturated heterocycles. The molecule has 0 unspecified atom stereocenters. The second kappa shape index (κ2) is 63.5. The minimum absolute atomic E-state index is 0.0736. The molecule has 0 heterocycles. The van der Waals surface area contributed by atoms with E-state index in [9.17, 15) is 0 Å². The summed E-state index contributed by atoms with van der Waals surface area (Å²) >= 11 is 0.147. The van der Waals surface area contributed by atoms with E-state index < -0.39 is 23.9 Å². The Morgan fingerprint density at radius 2 is 0.420 bits per heavy atom. The molecular formula is C40H80O8Sn2. The molecule has 0 saturated carbocycles. The number of unbranched alkanes of at least 4 members (excludes halogenated alkanes) is 20. The Morgan fingerprint density at radius 3 is 0.560 bits per heavy atom. The molecule has 0 atom stereocenters. The first-order valence-electron chi connectivity index (χ1n) is 19.9. The molecule has 50 heavy (non-hydrogen) atoms. The molecule has 0 bridgehead atoms. The van der Waals surface area contributed by atoms with Gasteiger partial charge in [-0.25, -0.2) is 0 Å². The van der Waals surface area contributed by atoms with E-state index in [0.29, 0.717) is 0 Å². The summed E-state index contributed by atoms with van der Waals surface area (Å²) in [5.74, 6) is -4.33. The number of carboxylic acids is 4. The fourth-order valence-corrected chi connectivity index (χ4v) is 11.5. The van der Waals surface area contributed by atoms with Crippen LogP contribution in [0.15, 0.2) is 0 Å². The van der Waals surface area contributed by atoms with E-state index >= 15 is 0 Å². The predicted octanol–water partition coefficient (Wildman–Crippen LogP) is 7.52. The van der Waals surface area contributed by atoms with Crippen LogP contribution in [0.1, 0.15) is 209 Å². The molecule has 8 nitrogen and oxygen atoms in total. The van der Waals surface area contributed by atoms with E-state index in [-0.39, 0.29) is 42.3 Å². The quantitative estimate of drug-likeness (QED) is 0.0576. The van der Waals surface area contributed by atoms with Crippen LogP contribution in [0.3, 0.4) is 0 Å². The average molecular weight is 926 g/mol. The third-order valence-electron chi connectivity index (χ3n) is 6.83. The number of carboxylic acid groups (broad SMARTS) is 4. The summed E-state index contributed by atoms with van der Waals surface area (Å²) in [5, 5.41) is 35.6. The van der Waals surface area contributed by atoms with Gasteiger partial charge in [0.05, 0.1) is 0 Å². The van der Waals surface area contributed by atoms with Crippen LogP contribution in [0.5, 0.6) is 0 Å². The SMILES string of the molecule is CC(=O)[O-].CC(=O)[O-].CC(=O)[O-].CC(=O)[O-].CCCCCCC[CH2][Sn+2][CH2]CCCCCCC.CCCCCCC[CH2][Sn+2][CH2]CCCCCCC. The minimum atomic E-state index is -1.08. The zero-order valence-corrected chi connectivity index (χ0v) is 39.8. The maximum atomic E-state index is 8.89. The first kappa shape index (κ1) is 61.5. The van der Waals surface area contributed by atoms with Crippen molar-refractivity contribution in [3.63, 3.8) is 0 Å². The summed E-state index contributed by atoms with van der Waals surface area (Å²) in [6.45, 7) is 13.1. The summed E-state index contributed by atoms with van der Waals surface area (Å²) in [6, 6.07) is 0. The van der Waals surface area contributed by atoms with Crippen molar-refractivity contribution in [2.45, 2.75) is 227 Å². The zero-order chi connectivity index (χ0) is 39.5. The Labute approximate surface area is 331 Å². The number of hydrogen-bond acceptors (Lipinski definition) is 8. The molecule has 0 aliphatic rings. The normalized spacial score (nSPS) is 9.12. The van der Waals surface area contributed by atoms with Gasteiger partial charge < -0.3 is 39.6 Å². The van der Waals surface area contributed by atoms with Gasteiger partial charge >= 0.3 is 242 Å². The van der Waals surface area contributed by atoms with Crippen molar-refractivity contribution in [3.8, 4) is 0 Å². The summed E-state index contributed by atoms with van der Waals surface area (Å²) in [5.41, 5.74) is 0. The average Bonchev–Trinajstić information content (AvgIpc) is 3.01.